The summed E-state index contributed by atoms with van der Waals surface area (Å²) in [6.45, 7) is 0. The fraction of sp³-hybridized carbons (Fsp3) is 0. The third kappa shape index (κ3) is 2.54. The fourth-order valence-corrected chi connectivity index (χ4v) is 1.87. The van der Waals surface area contributed by atoms with Crippen molar-refractivity contribution in [2.45, 2.75) is 0 Å². The molecule has 22 heavy (non-hydrogen) atoms. The number of hydrogen-bond acceptors (Lipinski definition) is 7. The van der Waals surface area contributed by atoms with Crippen LogP contribution in [0.4, 0.5) is 23.1 Å². The molecule has 0 saturated heterocycles. The van der Waals surface area contributed by atoms with Gasteiger partial charge in [0.25, 0.3) is 17.4 Å². The monoisotopic (exact) mass is 300 g/mol. The zero-order valence-electron chi connectivity index (χ0n) is 10.9. The third-order valence-corrected chi connectivity index (χ3v) is 2.91. The first-order valence-corrected chi connectivity index (χ1v) is 6.09. The summed E-state index contributed by atoms with van der Waals surface area (Å²) in [6.07, 6.45) is 0. The van der Waals surface area contributed by atoms with Crippen LogP contribution in [0.15, 0.2) is 46.9 Å². The summed E-state index contributed by atoms with van der Waals surface area (Å²) in [4.78, 5) is 24.4. The number of nitro groups is 2. The molecular formula is C13H8N4O5. The van der Waals surface area contributed by atoms with Crippen molar-refractivity contribution in [2.75, 3.05) is 5.32 Å². The Hall–Kier alpha value is -3.49. The minimum absolute atomic E-state index is 0.0289. The highest BCUT2D eigenvalue weighted by molar-refractivity contribution is 5.77. The number of oxazole rings is 1. The zero-order valence-corrected chi connectivity index (χ0v) is 10.9. The maximum absolute atomic E-state index is 10.7. The van der Waals surface area contributed by atoms with Crippen LogP contribution in [0, 0.1) is 20.2 Å². The Kier molecular flexibility index (Phi) is 3.14. The predicted molar refractivity (Wildman–Crippen MR) is 77.0 cm³/mol. The van der Waals surface area contributed by atoms with Crippen LogP contribution in [-0.2, 0) is 0 Å². The van der Waals surface area contributed by atoms with Crippen LogP contribution in [0.25, 0.3) is 11.1 Å². The molecule has 0 atom stereocenters. The van der Waals surface area contributed by atoms with Crippen molar-refractivity contribution in [3.8, 4) is 0 Å². The number of benzene rings is 2. The summed E-state index contributed by atoms with van der Waals surface area (Å²) in [6, 6.07) is 9.95. The second-order valence-electron chi connectivity index (χ2n) is 4.36. The molecule has 0 radical (unpaired) electrons. The van der Waals surface area contributed by atoms with Crippen LogP contribution in [0.5, 0.6) is 0 Å². The molecule has 9 heteroatoms. The Morgan fingerprint density at radius 3 is 2.23 bits per heavy atom. The second kappa shape index (κ2) is 5.13. The quantitative estimate of drug-likeness (QED) is 0.578. The van der Waals surface area contributed by atoms with Crippen molar-refractivity contribution in [3.05, 3.63) is 62.7 Å². The Bertz CT molecular complexity index is 872. The largest absolute Gasteiger partial charge is 0.423 e. The Balaban J connectivity index is 1.87. The highest BCUT2D eigenvalue weighted by Crippen LogP contribution is 2.26. The van der Waals surface area contributed by atoms with E-state index >= 15 is 0 Å². The number of nitrogens with zero attached hydrogens (tertiary/aromatic N) is 3. The van der Waals surface area contributed by atoms with Crippen LogP contribution in [0.1, 0.15) is 0 Å². The number of non-ortho nitro benzene ring substituents is 2. The van der Waals surface area contributed by atoms with Crippen molar-refractivity contribution >= 4 is 34.2 Å². The summed E-state index contributed by atoms with van der Waals surface area (Å²) in [5.74, 6) is 0. The first-order valence-electron chi connectivity index (χ1n) is 6.09. The van der Waals surface area contributed by atoms with E-state index in [-0.39, 0.29) is 23.0 Å². The molecule has 9 nitrogen and oxygen atoms in total. The normalized spacial score (nSPS) is 10.5. The SMILES string of the molecule is O=[N+]([O-])c1ccc(Nc2nc3ccc([N+](=O)[O-])cc3o2)cc1. The van der Waals surface area contributed by atoms with Gasteiger partial charge in [-0.25, -0.2) is 0 Å². The van der Waals surface area contributed by atoms with Crippen LogP contribution >= 0.6 is 0 Å². The molecule has 0 spiro atoms. The van der Waals surface area contributed by atoms with Crippen LogP contribution in [0.3, 0.4) is 0 Å². The molecule has 0 fully saturated rings. The third-order valence-electron chi connectivity index (χ3n) is 2.91. The van der Waals surface area contributed by atoms with E-state index in [1.807, 2.05) is 0 Å². The van der Waals surface area contributed by atoms with Crippen LogP contribution in [-0.4, -0.2) is 14.8 Å². The Labute approximate surface area is 122 Å². The number of anilines is 2. The molecular weight excluding hydrogens is 292 g/mol. The van der Waals surface area contributed by atoms with Gasteiger partial charge in [0, 0.05) is 23.9 Å². The minimum Gasteiger partial charge on any atom is -0.423 e. The van der Waals surface area contributed by atoms with Gasteiger partial charge in [-0.2, -0.15) is 4.98 Å². The van der Waals surface area contributed by atoms with Gasteiger partial charge in [0.05, 0.1) is 15.9 Å². The van der Waals surface area contributed by atoms with E-state index in [4.69, 9.17) is 4.42 Å². The molecule has 1 N–H and O–H groups in total. The van der Waals surface area contributed by atoms with Gasteiger partial charge < -0.3 is 9.73 Å². The Morgan fingerprint density at radius 2 is 1.59 bits per heavy atom. The van der Waals surface area contributed by atoms with Gasteiger partial charge in [0.2, 0.25) is 0 Å². The molecule has 0 aliphatic rings. The average Bonchev–Trinajstić information content (AvgIpc) is 2.88. The van der Waals surface area contributed by atoms with Crippen molar-refractivity contribution in [3.63, 3.8) is 0 Å². The summed E-state index contributed by atoms with van der Waals surface area (Å²) in [5, 5.41) is 24.1. The smallest absolute Gasteiger partial charge is 0.300 e. The van der Waals surface area contributed by atoms with Gasteiger partial charge in [-0.15, -0.1) is 0 Å². The van der Waals surface area contributed by atoms with E-state index in [9.17, 15) is 20.2 Å². The van der Waals surface area contributed by atoms with E-state index in [1.165, 1.54) is 42.5 Å². The highest BCUT2D eigenvalue weighted by Gasteiger charge is 2.12. The Morgan fingerprint density at radius 1 is 0.955 bits per heavy atom. The van der Waals surface area contributed by atoms with E-state index in [0.29, 0.717) is 11.2 Å². The lowest BCUT2D eigenvalue weighted by Gasteiger charge is -2.00. The van der Waals surface area contributed by atoms with Crippen molar-refractivity contribution in [2.24, 2.45) is 0 Å². The van der Waals surface area contributed by atoms with Crippen LogP contribution in [0.2, 0.25) is 0 Å². The van der Waals surface area contributed by atoms with Gasteiger partial charge in [0.1, 0.15) is 5.52 Å². The maximum Gasteiger partial charge on any atom is 0.300 e. The molecule has 1 heterocycles. The maximum atomic E-state index is 10.7. The summed E-state index contributed by atoms with van der Waals surface area (Å²) < 4.78 is 5.38. The predicted octanol–water partition coefficient (Wildman–Crippen LogP) is 3.39. The minimum atomic E-state index is -0.522. The molecule has 3 aromatic rings. The van der Waals surface area contributed by atoms with Gasteiger partial charge in [-0.05, 0) is 18.2 Å². The first kappa shape index (κ1) is 13.5. The van der Waals surface area contributed by atoms with Crippen molar-refractivity contribution in [1.29, 1.82) is 0 Å². The van der Waals surface area contributed by atoms with E-state index in [1.54, 1.807) is 0 Å². The number of hydrogen-bond donors (Lipinski definition) is 1. The molecule has 1 aromatic heterocycles. The standard InChI is InChI=1S/C13H8N4O5/c18-16(19)9-3-1-8(2-4-9)14-13-15-11-6-5-10(17(20)21)7-12(11)22-13/h1-7H,(H,14,15). The molecule has 0 bridgehead atoms. The highest BCUT2D eigenvalue weighted by atomic mass is 16.6. The molecule has 0 unspecified atom stereocenters. The van der Waals surface area contributed by atoms with E-state index in [2.05, 4.69) is 10.3 Å². The van der Waals surface area contributed by atoms with Gasteiger partial charge in [-0.3, -0.25) is 20.2 Å². The van der Waals surface area contributed by atoms with E-state index in [0.717, 1.165) is 0 Å². The average molecular weight is 300 g/mol. The first-order chi connectivity index (χ1) is 10.5. The van der Waals surface area contributed by atoms with Crippen molar-refractivity contribution < 1.29 is 14.3 Å². The molecule has 3 rings (SSSR count). The molecule has 0 amide bonds. The lowest BCUT2D eigenvalue weighted by molar-refractivity contribution is -0.385. The second-order valence-corrected chi connectivity index (χ2v) is 4.36. The van der Waals surface area contributed by atoms with Gasteiger partial charge in [-0.1, -0.05) is 0 Å². The van der Waals surface area contributed by atoms with Gasteiger partial charge in [0.15, 0.2) is 5.58 Å². The van der Waals surface area contributed by atoms with Crippen molar-refractivity contribution in [1.82, 2.24) is 4.98 Å². The summed E-state index contributed by atoms with van der Waals surface area (Å²) in [5.41, 5.74) is 1.17. The number of nitrogens with one attached hydrogen (secondary N) is 1. The lowest BCUT2D eigenvalue weighted by atomic mass is 10.3. The molecule has 0 saturated carbocycles. The summed E-state index contributed by atoms with van der Waals surface area (Å²) in [7, 11) is 0. The van der Waals surface area contributed by atoms with Crippen LogP contribution < -0.4 is 5.32 Å². The lowest BCUT2D eigenvalue weighted by Crippen LogP contribution is -1.91. The molecule has 0 aliphatic heterocycles. The molecule has 2 aromatic carbocycles. The molecule has 0 aliphatic carbocycles. The number of rotatable bonds is 4. The molecule has 110 valence electrons. The zero-order chi connectivity index (χ0) is 15.7. The fourth-order valence-electron chi connectivity index (χ4n) is 1.87. The topological polar surface area (TPSA) is 124 Å². The van der Waals surface area contributed by atoms with E-state index < -0.39 is 9.85 Å². The summed E-state index contributed by atoms with van der Waals surface area (Å²) >= 11 is 0. The number of aromatic nitrogens is 1. The number of nitro benzene ring substituents is 2. The van der Waals surface area contributed by atoms with Gasteiger partial charge >= 0.3 is 0 Å². The number of fused-ring (bicyclic) bond motifs is 1.